The van der Waals surface area contributed by atoms with E-state index in [1.807, 2.05) is 25.2 Å². The first-order valence-corrected chi connectivity index (χ1v) is 6.98. The first-order chi connectivity index (χ1) is 9.69. The quantitative estimate of drug-likeness (QED) is 0.801. The second-order valence-corrected chi connectivity index (χ2v) is 5.30. The highest BCUT2D eigenvalue weighted by molar-refractivity contribution is 6.31. The maximum atomic E-state index is 6.02. The van der Waals surface area contributed by atoms with E-state index < -0.39 is 0 Å². The summed E-state index contributed by atoms with van der Waals surface area (Å²) in [5.41, 5.74) is 9.91. The molecule has 0 aliphatic heterocycles. The predicted molar refractivity (Wildman–Crippen MR) is 83.9 cm³/mol. The van der Waals surface area contributed by atoms with Gasteiger partial charge >= 0.3 is 0 Å². The third-order valence-electron chi connectivity index (χ3n) is 3.49. The summed E-state index contributed by atoms with van der Waals surface area (Å²) >= 11 is 6.02. The molecule has 0 aliphatic rings. The summed E-state index contributed by atoms with van der Waals surface area (Å²) in [7, 11) is 2.02. The summed E-state index contributed by atoms with van der Waals surface area (Å²) in [5.74, 6) is 0.946. The highest BCUT2D eigenvalue weighted by Crippen LogP contribution is 2.25. The van der Waals surface area contributed by atoms with Crippen LogP contribution in [0, 0.1) is 0 Å². The van der Waals surface area contributed by atoms with E-state index in [-0.39, 0.29) is 0 Å². The molecule has 0 atom stereocenters. The molecule has 102 valence electrons. The minimum absolute atomic E-state index is 0.671. The molecular weight excluding hydrogens is 270 g/mol. The SMILES string of the molecule is Cn1c(-c2ccc(CCN)cc2)nc2cc(Cl)ccc21. The van der Waals surface area contributed by atoms with Crippen LogP contribution in [-0.2, 0) is 13.5 Å². The number of hydrogen-bond donors (Lipinski definition) is 1. The number of nitrogens with zero attached hydrogens (tertiary/aromatic N) is 2. The number of aromatic nitrogens is 2. The van der Waals surface area contributed by atoms with Crippen LogP contribution < -0.4 is 5.73 Å². The third-order valence-corrected chi connectivity index (χ3v) is 3.72. The van der Waals surface area contributed by atoms with Crippen molar-refractivity contribution in [3.63, 3.8) is 0 Å². The van der Waals surface area contributed by atoms with E-state index in [1.54, 1.807) is 0 Å². The lowest BCUT2D eigenvalue weighted by Gasteiger charge is -2.04. The Bertz CT molecular complexity index is 744. The smallest absolute Gasteiger partial charge is 0.140 e. The molecule has 4 heteroatoms. The van der Waals surface area contributed by atoms with Gasteiger partial charge in [-0.15, -0.1) is 0 Å². The normalized spacial score (nSPS) is 11.2. The first kappa shape index (κ1) is 13.2. The van der Waals surface area contributed by atoms with Gasteiger partial charge < -0.3 is 10.3 Å². The first-order valence-electron chi connectivity index (χ1n) is 6.60. The maximum absolute atomic E-state index is 6.02. The second kappa shape index (κ2) is 5.27. The molecule has 3 rings (SSSR count). The fourth-order valence-corrected chi connectivity index (χ4v) is 2.58. The molecule has 1 heterocycles. The van der Waals surface area contributed by atoms with E-state index in [9.17, 15) is 0 Å². The summed E-state index contributed by atoms with van der Waals surface area (Å²) in [6, 6.07) is 14.2. The molecular formula is C16H16ClN3. The van der Waals surface area contributed by atoms with Gasteiger partial charge in [0.05, 0.1) is 11.0 Å². The molecule has 0 saturated heterocycles. The van der Waals surface area contributed by atoms with Crippen molar-refractivity contribution in [2.75, 3.05) is 6.54 Å². The summed E-state index contributed by atoms with van der Waals surface area (Å²) in [5, 5.41) is 0.709. The van der Waals surface area contributed by atoms with Crippen molar-refractivity contribution in [1.82, 2.24) is 9.55 Å². The number of rotatable bonds is 3. The molecule has 0 unspecified atom stereocenters. The van der Waals surface area contributed by atoms with Crippen molar-refractivity contribution in [2.45, 2.75) is 6.42 Å². The summed E-state index contributed by atoms with van der Waals surface area (Å²) in [6.07, 6.45) is 0.901. The molecule has 2 N–H and O–H groups in total. The largest absolute Gasteiger partial charge is 0.330 e. The van der Waals surface area contributed by atoms with Gasteiger partial charge in [-0.05, 0) is 36.7 Å². The van der Waals surface area contributed by atoms with Gasteiger partial charge in [0.15, 0.2) is 0 Å². The highest BCUT2D eigenvalue weighted by atomic mass is 35.5. The zero-order valence-electron chi connectivity index (χ0n) is 11.3. The number of nitrogens with two attached hydrogens (primary N) is 1. The molecule has 0 bridgehead atoms. The Morgan fingerprint density at radius 3 is 2.60 bits per heavy atom. The Labute approximate surface area is 123 Å². The zero-order valence-corrected chi connectivity index (χ0v) is 12.1. The number of benzene rings is 2. The molecule has 3 nitrogen and oxygen atoms in total. The van der Waals surface area contributed by atoms with Crippen LogP contribution >= 0.6 is 11.6 Å². The molecule has 0 aliphatic carbocycles. The summed E-state index contributed by atoms with van der Waals surface area (Å²) in [6.45, 7) is 0.671. The van der Waals surface area contributed by atoms with E-state index in [0.717, 1.165) is 28.8 Å². The van der Waals surface area contributed by atoms with Gasteiger partial charge in [0, 0.05) is 17.6 Å². The van der Waals surface area contributed by atoms with Crippen LogP contribution in [0.1, 0.15) is 5.56 Å². The van der Waals surface area contributed by atoms with Crippen molar-refractivity contribution in [3.05, 3.63) is 53.1 Å². The summed E-state index contributed by atoms with van der Waals surface area (Å²) < 4.78 is 2.09. The standard InChI is InChI=1S/C16H16ClN3/c1-20-15-7-6-13(17)10-14(15)19-16(20)12-4-2-11(3-5-12)8-9-18/h2-7,10H,8-9,18H2,1H3. The molecule has 3 aromatic rings. The number of imidazole rings is 1. The highest BCUT2D eigenvalue weighted by Gasteiger charge is 2.09. The van der Waals surface area contributed by atoms with E-state index in [1.165, 1.54) is 5.56 Å². The van der Waals surface area contributed by atoms with Crippen molar-refractivity contribution >= 4 is 22.6 Å². The van der Waals surface area contributed by atoms with Crippen LogP contribution in [0.4, 0.5) is 0 Å². The number of aryl methyl sites for hydroxylation is 1. The molecule has 0 amide bonds. The molecule has 20 heavy (non-hydrogen) atoms. The van der Waals surface area contributed by atoms with Crippen LogP contribution in [0.2, 0.25) is 5.02 Å². The summed E-state index contributed by atoms with van der Waals surface area (Å²) in [4.78, 5) is 4.67. The van der Waals surface area contributed by atoms with Gasteiger partial charge in [0.2, 0.25) is 0 Å². The third kappa shape index (κ3) is 2.30. The van der Waals surface area contributed by atoms with Crippen LogP contribution in [0.5, 0.6) is 0 Å². The molecule has 2 aromatic carbocycles. The van der Waals surface area contributed by atoms with Crippen LogP contribution in [0.25, 0.3) is 22.4 Å². The van der Waals surface area contributed by atoms with Crippen molar-refractivity contribution in [2.24, 2.45) is 12.8 Å². The average molecular weight is 286 g/mol. The Hall–Kier alpha value is -1.84. The lowest BCUT2D eigenvalue weighted by atomic mass is 10.1. The number of halogens is 1. The molecule has 0 fully saturated rings. The van der Waals surface area contributed by atoms with Gasteiger partial charge in [-0.3, -0.25) is 0 Å². The lowest BCUT2D eigenvalue weighted by Crippen LogP contribution is -2.02. The minimum atomic E-state index is 0.671. The fourth-order valence-electron chi connectivity index (χ4n) is 2.42. The Morgan fingerprint density at radius 1 is 1.15 bits per heavy atom. The van der Waals surface area contributed by atoms with Gasteiger partial charge in [0.1, 0.15) is 5.82 Å². The zero-order chi connectivity index (χ0) is 14.1. The molecule has 0 spiro atoms. The van der Waals surface area contributed by atoms with Gasteiger partial charge in [0.25, 0.3) is 0 Å². The minimum Gasteiger partial charge on any atom is -0.330 e. The molecule has 0 saturated carbocycles. The lowest BCUT2D eigenvalue weighted by molar-refractivity contribution is 0.954. The Morgan fingerprint density at radius 2 is 1.90 bits per heavy atom. The van der Waals surface area contributed by atoms with Gasteiger partial charge in [-0.2, -0.15) is 0 Å². The predicted octanol–water partition coefficient (Wildman–Crippen LogP) is 3.39. The Kier molecular flexibility index (Phi) is 3.47. The van der Waals surface area contributed by atoms with Gasteiger partial charge in [-0.1, -0.05) is 35.9 Å². The van der Waals surface area contributed by atoms with Crippen LogP contribution in [0.3, 0.4) is 0 Å². The monoisotopic (exact) mass is 285 g/mol. The average Bonchev–Trinajstić information content (AvgIpc) is 2.77. The molecule has 1 aromatic heterocycles. The van der Waals surface area contributed by atoms with Gasteiger partial charge in [-0.25, -0.2) is 4.98 Å². The fraction of sp³-hybridized carbons (Fsp3) is 0.188. The van der Waals surface area contributed by atoms with Crippen LogP contribution in [-0.4, -0.2) is 16.1 Å². The van der Waals surface area contributed by atoms with E-state index >= 15 is 0 Å². The van der Waals surface area contributed by atoms with Crippen molar-refractivity contribution < 1.29 is 0 Å². The molecule has 0 radical (unpaired) electrons. The van der Waals surface area contributed by atoms with E-state index in [0.29, 0.717) is 11.6 Å². The topological polar surface area (TPSA) is 43.8 Å². The number of hydrogen-bond acceptors (Lipinski definition) is 2. The van der Waals surface area contributed by atoms with E-state index in [4.69, 9.17) is 17.3 Å². The number of fused-ring (bicyclic) bond motifs is 1. The van der Waals surface area contributed by atoms with E-state index in [2.05, 4.69) is 33.8 Å². The second-order valence-electron chi connectivity index (χ2n) is 4.86. The van der Waals surface area contributed by atoms with Crippen molar-refractivity contribution in [1.29, 1.82) is 0 Å². The van der Waals surface area contributed by atoms with Crippen LogP contribution in [0.15, 0.2) is 42.5 Å². The van der Waals surface area contributed by atoms with Crippen molar-refractivity contribution in [3.8, 4) is 11.4 Å². The maximum Gasteiger partial charge on any atom is 0.140 e. The Balaban J connectivity index is 2.07.